The van der Waals surface area contributed by atoms with Crippen molar-refractivity contribution in [1.82, 2.24) is 0 Å². The number of benzene rings is 1. The predicted octanol–water partition coefficient (Wildman–Crippen LogP) is 3.98. The molecule has 2 rings (SSSR count). The van der Waals surface area contributed by atoms with E-state index in [1.165, 1.54) is 0 Å². The zero-order valence-electron chi connectivity index (χ0n) is 9.68. The van der Waals surface area contributed by atoms with Crippen molar-refractivity contribution in [2.75, 3.05) is 11.5 Å². The molecule has 0 spiro atoms. The molecule has 0 bridgehead atoms. The molecule has 1 aliphatic rings. The molecule has 0 aromatic heterocycles. The monoisotopic (exact) mass is 262 g/mol. The topological polar surface area (TPSA) is 17.1 Å². The van der Waals surface area contributed by atoms with Crippen molar-refractivity contribution in [3.63, 3.8) is 0 Å². The van der Waals surface area contributed by atoms with E-state index in [2.05, 4.69) is 0 Å². The Morgan fingerprint density at radius 3 is 2.59 bits per heavy atom. The minimum absolute atomic E-state index is 0.128. The third kappa shape index (κ3) is 3.79. The van der Waals surface area contributed by atoms with E-state index in [0.717, 1.165) is 26.9 Å². The molecule has 0 fully saturated rings. The summed E-state index contributed by atoms with van der Waals surface area (Å²) >= 11 is 3.41. The van der Waals surface area contributed by atoms with Crippen LogP contribution in [0.3, 0.4) is 0 Å². The van der Waals surface area contributed by atoms with Crippen molar-refractivity contribution >= 4 is 35.4 Å². The van der Waals surface area contributed by atoms with Gasteiger partial charge in [-0.2, -0.15) is 0 Å². The van der Waals surface area contributed by atoms with E-state index < -0.39 is 0 Å². The number of allylic oxidation sites excluding steroid dienone is 3. The van der Waals surface area contributed by atoms with Crippen LogP contribution in [0, 0.1) is 0 Å². The third-order valence-corrected chi connectivity index (χ3v) is 4.62. The number of rotatable bonds is 1. The van der Waals surface area contributed by atoms with Crippen LogP contribution < -0.4 is 0 Å². The summed E-state index contributed by atoms with van der Waals surface area (Å²) in [6.45, 7) is 2.00. The van der Waals surface area contributed by atoms with Gasteiger partial charge in [-0.3, -0.25) is 4.79 Å². The van der Waals surface area contributed by atoms with E-state index in [1.807, 2.05) is 43.3 Å². The van der Waals surface area contributed by atoms with Gasteiger partial charge in [0.05, 0.1) is 4.91 Å². The molecule has 17 heavy (non-hydrogen) atoms. The lowest BCUT2D eigenvalue weighted by Gasteiger charge is -2.09. The van der Waals surface area contributed by atoms with E-state index in [4.69, 9.17) is 0 Å². The highest BCUT2D eigenvalue weighted by Crippen LogP contribution is 2.28. The second-order valence-electron chi connectivity index (χ2n) is 3.74. The number of ketones is 1. The van der Waals surface area contributed by atoms with Crippen molar-refractivity contribution in [3.05, 3.63) is 51.8 Å². The molecule has 0 amide bonds. The van der Waals surface area contributed by atoms with Crippen molar-refractivity contribution in [2.45, 2.75) is 6.92 Å². The molecule has 1 aromatic rings. The molecule has 0 radical (unpaired) electrons. The number of carbonyl (C=O) groups is 1. The highest BCUT2D eigenvalue weighted by atomic mass is 32.2. The minimum Gasteiger partial charge on any atom is -0.289 e. The zero-order chi connectivity index (χ0) is 12.1. The molecule has 0 unspecified atom stereocenters. The van der Waals surface area contributed by atoms with Gasteiger partial charge in [0.1, 0.15) is 0 Å². The average Bonchev–Trinajstić information content (AvgIpc) is 2.32. The Morgan fingerprint density at radius 2 is 1.82 bits per heavy atom. The first-order valence-electron chi connectivity index (χ1n) is 5.51. The first kappa shape index (κ1) is 12.5. The van der Waals surface area contributed by atoms with Gasteiger partial charge in [-0.05, 0) is 29.5 Å². The van der Waals surface area contributed by atoms with E-state index >= 15 is 0 Å². The van der Waals surface area contributed by atoms with E-state index in [0.29, 0.717) is 0 Å². The molecule has 1 aliphatic heterocycles. The van der Waals surface area contributed by atoms with Crippen molar-refractivity contribution in [3.8, 4) is 0 Å². The van der Waals surface area contributed by atoms with Gasteiger partial charge in [0.25, 0.3) is 0 Å². The molecule has 88 valence electrons. The van der Waals surface area contributed by atoms with Crippen LogP contribution >= 0.6 is 23.5 Å². The van der Waals surface area contributed by atoms with Crippen molar-refractivity contribution in [2.24, 2.45) is 0 Å². The Balaban J connectivity index is 2.27. The fourth-order valence-corrected chi connectivity index (χ4v) is 3.36. The maximum absolute atomic E-state index is 12.0. The summed E-state index contributed by atoms with van der Waals surface area (Å²) < 4.78 is 0. The Hall–Kier alpha value is -0.930. The summed E-state index contributed by atoms with van der Waals surface area (Å²) in [6, 6.07) is 9.99. The minimum atomic E-state index is 0.128. The quantitative estimate of drug-likeness (QED) is 0.713. The first-order valence-corrected chi connectivity index (χ1v) is 7.48. The SMILES string of the molecule is C/C1=C/C(=O)/C(=C/c2ccccc2)SCCS1. The lowest BCUT2D eigenvalue weighted by Crippen LogP contribution is -2.01. The normalized spacial score (nSPS) is 22.8. The highest BCUT2D eigenvalue weighted by Gasteiger charge is 2.11. The summed E-state index contributed by atoms with van der Waals surface area (Å²) in [5, 5.41) is 0. The van der Waals surface area contributed by atoms with E-state index in [-0.39, 0.29) is 5.78 Å². The van der Waals surface area contributed by atoms with Crippen LogP contribution in [0.4, 0.5) is 0 Å². The van der Waals surface area contributed by atoms with Gasteiger partial charge < -0.3 is 0 Å². The lowest BCUT2D eigenvalue weighted by molar-refractivity contribution is -0.110. The van der Waals surface area contributed by atoms with Crippen LogP contribution in [0.5, 0.6) is 0 Å². The Kier molecular flexibility index (Phi) is 4.51. The molecule has 1 nitrogen and oxygen atoms in total. The summed E-state index contributed by atoms with van der Waals surface area (Å²) in [5.41, 5.74) is 1.09. The van der Waals surface area contributed by atoms with Crippen LogP contribution in [-0.2, 0) is 4.79 Å². The standard InChI is InChI=1S/C14H14OS2/c1-11-9-13(15)14(17-8-7-16-11)10-12-5-3-2-4-6-12/h2-6,9-10H,7-8H2,1H3/b11-9-,14-10-. The molecule has 1 aromatic carbocycles. The van der Waals surface area contributed by atoms with Gasteiger partial charge in [-0.1, -0.05) is 30.3 Å². The van der Waals surface area contributed by atoms with E-state index in [9.17, 15) is 4.79 Å². The summed E-state index contributed by atoms with van der Waals surface area (Å²) in [6.07, 6.45) is 3.72. The largest absolute Gasteiger partial charge is 0.289 e. The van der Waals surface area contributed by atoms with Gasteiger partial charge in [-0.25, -0.2) is 0 Å². The molecule has 1 heterocycles. The van der Waals surface area contributed by atoms with Crippen LogP contribution in [0.2, 0.25) is 0 Å². The summed E-state index contributed by atoms with van der Waals surface area (Å²) in [4.78, 5) is 14.0. The number of hydrogen-bond acceptors (Lipinski definition) is 3. The molecule has 0 saturated carbocycles. The fourth-order valence-electron chi connectivity index (χ4n) is 1.54. The molecule has 0 atom stereocenters. The molecule has 0 saturated heterocycles. The van der Waals surface area contributed by atoms with Gasteiger partial charge in [0.15, 0.2) is 5.78 Å². The number of carbonyl (C=O) groups excluding carboxylic acids is 1. The maximum atomic E-state index is 12.0. The molecule has 0 N–H and O–H groups in total. The maximum Gasteiger partial charge on any atom is 0.192 e. The number of thioether (sulfide) groups is 2. The lowest BCUT2D eigenvalue weighted by atomic mass is 10.2. The third-order valence-electron chi connectivity index (χ3n) is 2.35. The summed E-state index contributed by atoms with van der Waals surface area (Å²) in [7, 11) is 0. The number of hydrogen-bond donors (Lipinski definition) is 0. The van der Waals surface area contributed by atoms with Crippen LogP contribution in [0.1, 0.15) is 12.5 Å². The molecular formula is C14H14OS2. The first-order chi connectivity index (χ1) is 8.25. The van der Waals surface area contributed by atoms with Gasteiger partial charge >= 0.3 is 0 Å². The van der Waals surface area contributed by atoms with Gasteiger partial charge in [0, 0.05) is 11.5 Å². The van der Waals surface area contributed by atoms with Crippen molar-refractivity contribution in [1.29, 1.82) is 0 Å². The molecule has 3 heteroatoms. The summed E-state index contributed by atoms with van der Waals surface area (Å²) in [5.74, 6) is 2.18. The predicted molar refractivity (Wildman–Crippen MR) is 78.1 cm³/mol. The Labute approximate surface area is 110 Å². The average molecular weight is 262 g/mol. The second-order valence-corrected chi connectivity index (χ2v) is 6.21. The Morgan fingerprint density at radius 1 is 1.12 bits per heavy atom. The van der Waals surface area contributed by atoms with Crippen LogP contribution in [-0.4, -0.2) is 17.3 Å². The van der Waals surface area contributed by atoms with Gasteiger partial charge in [0.2, 0.25) is 0 Å². The van der Waals surface area contributed by atoms with Crippen molar-refractivity contribution < 1.29 is 4.79 Å². The van der Waals surface area contributed by atoms with Gasteiger partial charge in [-0.15, -0.1) is 23.5 Å². The Bertz CT molecular complexity index is 460. The zero-order valence-corrected chi connectivity index (χ0v) is 11.3. The molecular weight excluding hydrogens is 248 g/mol. The smallest absolute Gasteiger partial charge is 0.192 e. The van der Waals surface area contributed by atoms with Crippen LogP contribution in [0.15, 0.2) is 46.2 Å². The highest BCUT2D eigenvalue weighted by molar-refractivity contribution is 8.07. The second kappa shape index (κ2) is 6.12. The molecule has 0 aliphatic carbocycles. The van der Waals surface area contributed by atoms with E-state index in [1.54, 1.807) is 29.6 Å². The fraction of sp³-hybridized carbons (Fsp3) is 0.214. The van der Waals surface area contributed by atoms with Crippen LogP contribution in [0.25, 0.3) is 6.08 Å².